The Balaban J connectivity index is 2.23. The van der Waals surface area contributed by atoms with Crippen LogP contribution in [0.15, 0.2) is 42.6 Å². The summed E-state index contributed by atoms with van der Waals surface area (Å²) in [6, 6.07) is 11.1. The predicted octanol–water partition coefficient (Wildman–Crippen LogP) is 2.42. The number of anilines is 1. The average molecular weight is 272 g/mol. The number of carboxylic acid groups (broad SMARTS) is 1. The zero-order valence-electron chi connectivity index (χ0n) is 11.4. The van der Waals surface area contributed by atoms with Crippen LogP contribution in [0.4, 0.5) is 5.69 Å². The molecule has 0 atom stereocenters. The summed E-state index contributed by atoms with van der Waals surface area (Å²) in [4.78, 5) is 16.9. The Morgan fingerprint density at radius 3 is 2.85 bits per heavy atom. The lowest BCUT2D eigenvalue weighted by atomic mass is 10.2. The number of aromatic nitrogens is 1. The third-order valence-corrected chi connectivity index (χ3v) is 2.95. The Morgan fingerprint density at radius 2 is 2.15 bits per heavy atom. The summed E-state index contributed by atoms with van der Waals surface area (Å²) in [6.07, 6.45) is 1.48. The van der Waals surface area contributed by atoms with Gasteiger partial charge in [-0.15, -0.1) is 0 Å². The highest BCUT2D eigenvalue weighted by molar-refractivity contribution is 5.92. The van der Waals surface area contributed by atoms with Gasteiger partial charge < -0.3 is 14.7 Å². The van der Waals surface area contributed by atoms with E-state index in [1.807, 2.05) is 36.2 Å². The quantitative estimate of drug-likeness (QED) is 0.905. The van der Waals surface area contributed by atoms with E-state index in [-0.39, 0.29) is 5.69 Å². The highest BCUT2D eigenvalue weighted by atomic mass is 16.5. The number of ether oxygens (including phenoxy) is 1. The molecule has 1 N–H and O–H groups in total. The molecule has 0 radical (unpaired) electrons. The van der Waals surface area contributed by atoms with E-state index in [0.29, 0.717) is 12.2 Å². The summed E-state index contributed by atoms with van der Waals surface area (Å²) in [7, 11) is 3.45. The number of nitrogens with zero attached hydrogens (tertiary/aromatic N) is 2. The van der Waals surface area contributed by atoms with Crippen LogP contribution >= 0.6 is 0 Å². The average Bonchev–Trinajstić information content (AvgIpc) is 2.47. The van der Waals surface area contributed by atoms with E-state index in [4.69, 9.17) is 9.84 Å². The molecule has 0 unspecified atom stereocenters. The minimum Gasteiger partial charge on any atom is -0.497 e. The molecule has 2 rings (SSSR count). The number of benzene rings is 1. The highest BCUT2D eigenvalue weighted by Crippen LogP contribution is 2.20. The van der Waals surface area contributed by atoms with Crippen LogP contribution in [0, 0.1) is 0 Å². The van der Waals surface area contributed by atoms with Crippen molar-refractivity contribution in [2.24, 2.45) is 0 Å². The minimum absolute atomic E-state index is 0.0536. The Morgan fingerprint density at radius 1 is 1.35 bits per heavy atom. The summed E-state index contributed by atoms with van der Waals surface area (Å²) in [5, 5.41) is 9.15. The Bertz CT molecular complexity index is 614. The second kappa shape index (κ2) is 6.06. The molecule has 0 aliphatic rings. The van der Waals surface area contributed by atoms with Crippen molar-refractivity contribution >= 4 is 11.7 Å². The summed E-state index contributed by atoms with van der Waals surface area (Å²) in [5.41, 5.74) is 1.67. The minimum atomic E-state index is -1.03. The Hall–Kier alpha value is -2.56. The third-order valence-electron chi connectivity index (χ3n) is 2.95. The van der Waals surface area contributed by atoms with Gasteiger partial charge in [-0.25, -0.2) is 9.78 Å². The van der Waals surface area contributed by atoms with Crippen molar-refractivity contribution < 1.29 is 14.6 Å². The van der Waals surface area contributed by atoms with Gasteiger partial charge in [-0.3, -0.25) is 0 Å². The maximum atomic E-state index is 11.2. The molecule has 5 nitrogen and oxygen atoms in total. The second-order valence-corrected chi connectivity index (χ2v) is 4.38. The first-order valence-corrected chi connectivity index (χ1v) is 6.14. The Kier molecular flexibility index (Phi) is 4.20. The molecule has 0 aliphatic carbocycles. The smallest absolute Gasteiger partial charge is 0.356 e. The monoisotopic (exact) mass is 272 g/mol. The molecule has 0 saturated carbocycles. The van der Waals surface area contributed by atoms with Gasteiger partial charge in [0.05, 0.1) is 12.8 Å². The number of carboxylic acids is 1. The van der Waals surface area contributed by atoms with Gasteiger partial charge in [-0.05, 0) is 29.8 Å². The van der Waals surface area contributed by atoms with Gasteiger partial charge in [-0.2, -0.15) is 0 Å². The molecule has 20 heavy (non-hydrogen) atoms. The van der Waals surface area contributed by atoms with E-state index >= 15 is 0 Å². The normalized spacial score (nSPS) is 10.1. The number of carbonyl (C=O) groups is 1. The third kappa shape index (κ3) is 3.06. The van der Waals surface area contributed by atoms with E-state index < -0.39 is 5.97 Å². The summed E-state index contributed by atoms with van der Waals surface area (Å²) in [5.74, 6) is -0.251. The van der Waals surface area contributed by atoms with Crippen LogP contribution in [0.2, 0.25) is 0 Å². The molecule has 0 spiro atoms. The van der Waals surface area contributed by atoms with Gasteiger partial charge in [0, 0.05) is 19.8 Å². The van der Waals surface area contributed by atoms with E-state index in [0.717, 1.165) is 11.3 Å². The molecule has 0 saturated heterocycles. The first kappa shape index (κ1) is 13.9. The fourth-order valence-electron chi connectivity index (χ4n) is 2.00. The standard InChI is InChI=1S/C15H16N2O3/c1-17(10-11-5-3-6-12(9-11)20-2)13-7-4-8-16-14(13)15(18)19/h3-9H,10H2,1-2H3,(H,18,19). The number of pyridine rings is 1. The molecule has 2 aromatic rings. The molecule has 0 amide bonds. The second-order valence-electron chi connectivity index (χ2n) is 4.38. The van der Waals surface area contributed by atoms with Gasteiger partial charge in [0.25, 0.3) is 0 Å². The van der Waals surface area contributed by atoms with Crippen molar-refractivity contribution in [2.75, 3.05) is 19.1 Å². The van der Waals surface area contributed by atoms with Gasteiger partial charge >= 0.3 is 5.97 Å². The topological polar surface area (TPSA) is 62.7 Å². The van der Waals surface area contributed by atoms with Crippen molar-refractivity contribution in [2.45, 2.75) is 6.54 Å². The van der Waals surface area contributed by atoms with E-state index in [1.54, 1.807) is 19.2 Å². The first-order valence-electron chi connectivity index (χ1n) is 6.14. The molecule has 0 bridgehead atoms. The summed E-state index contributed by atoms with van der Waals surface area (Å²) in [6.45, 7) is 0.573. The fourth-order valence-corrected chi connectivity index (χ4v) is 2.00. The predicted molar refractivity (Wildman–Crippen MR) is 76.3 cm³/mol. The van der Waals surface area contributed by atoms with Crippen LogP contribution in [0.25, 0.3) is 0 Å². The van der Waals surface area contributed by atoms with Gasteiger partial charge in [0.2, 0.25) is 0 Å². The van der Waals surface area contributed by atoms with Crippen LogP contribution in [0.3, 0.4) is 0 Å². The van der Waals surface area contributed by atoms with Crippen molar-refractivity contribution in [3.05, 3.63) is 53.9 Å². The lowest BCUT2D eigenvalue weighted by molar-refractivity contribution is 0.0691. The SMILES string of the molecule is COc1cccc(CN(C)c2cccnc2C(=O)O)c1. The maximum Gasteiger partial charge on any atom is 0.356 e. The van der Waals surface area contributed by atoms with Crippen LogP contribution < -0.4 is 9.64 Å². The number of hydrogen-bond acceptors (Lipinski definition) is 4. The zero-order valence-corrected chi connectivity index (χ0v) is 11.4. The van der Waals surface area contributed by atoms with Crippen LogP contribution in [-0.2, 0) is 6.54 Å². The van der Waals surface area contributed by atoms with Crippen molar-refractivity contribution in [1.82, 2.24) is 4.98 Å². The lowest BCUT2D eigenvalue weighted by Gasteiger charge is -2.20. The largest absolute Gasteiger partial charge is 0.497 e. The number of methoxy groups -OCH3 is 1. The van der Waals surface area contributed by atoms with E-state index in [9.17, 15) is 4.79 Å². The fraction of sp³-hybridized carbons (Fsp3) is 0.200. The first-order chi connectivity index (χ1) is 9.61. The number of rotatable bonds is 5. The number of aromatic carboxylic acids is 1. The van der Waals surface area contributed by atoms with Gasteiger partial charge in [0.15, 0.2) is 5.69 Å². The highest BCUT2D eigenvalue weighted by Gasteiger charge is 2.14. The van der Waals surface area contributed by atoms with Crippen molar-refractivity contribution in [3.8, 4) is 5.75 Å². The molecule has 1 heterocycles. The number of hydrogen-bond donors (Lipinski definition) is 1. The molecule has 0 aliphatic heterocycles. The Labute approximate surface area is 117 Å². The van der Waals surface area contributed by atoms with Gasteiger partial charge in [-0.1, -0.05) is 12.1 Å². The lowest BCUT2D eigenvalue weighted by Crippen LogP contribution is -2.20. The van der Waals surface area contributed by atoms with Crippen LogP contribution in [-0.4, -0.2) is 30.2 Å². The molecule has 0 fully saturated rings. The molecule has 104 valence electrons. The van der Waals surface area contributed by atoms with Gasteiger partial charge in [0.1, 0.15) is 5.75 Å². The molecular weight excluding hydrogens is 256 g/mol. The van der Waals surface area contributed by atoms with E-state index in [2.05, 4.69) is 4.98 Å². The van der Waals surface area contributed by atoms with Crippen LogP contribution in [0.5, 0.6) is 5.75 Å². The molecule has 5 heteroatoms. The van der Waals surface area contributed by atoms with E-state index in [1.165, 1.54) is 6.20 Å². The summed E-state index contributed by atoms with van der Waals surface area (Å²) >= 11 is 0. The maximum absolute atomic E-state index is 11.2. The zero-order chi connectivity index (χ0) is 14.5. The molecule has 1 aromatic heterocycles. The molecule has 1 aromatic carbocycles. The van der Waals surface area contributed by atoms with Crippen molar-refractivity contribution in [1.29, 1.82) is 0 Å². The summed E-state index contributed by atoms with van der Waals surface area (Å²) < 4.78 is 5.18. The van der Waals surface area contributed by atoms with Crippen LogP contribution in [0.1, 0.15) is 16.1 Å². The van der Waals surface area contributed by atoms with Crippen molar-refractivity contribution in [3.63, 3.8) is 0 Å². The molecular formula is C15H16N2O3.